The zero-order valence-electron chi connectivity index (χ0n) is 9.83. The zero-order valence-corrected chi connectivity index (χ0v) is 10.6. The van der Waals surface area contributed by atoms with Crippen molar-refractivity contribution in [1.82, 2.24) is 9.97 Å². The van der Waals surface area contributed by atoms with Crippen molar-refractivity contribution in [2.45, 2.75) is 13.3 Å². The van der Waals surface area contributed by atoms with Gasteiger partial charge in [-0.1, -0.05) is 0 Å². The predicted octanol–water partition coefficient (Wildman–Crippen LogP) is 2.46. The number of nitrogens with zero attached hydrogens (tertiary/aromatic N) is 2. The van der Waals surface area contributed by atoms with E-state index in [0.717, 1.165) is 22.5 Å². The third-order valence-corrected chi connectivity index (χ3v) is 2.84. The molecule has 1 heterocycles. The molecule has 2 rings (SSSR count). The Balaban J connectivity index is 2.32. The van der Waals surface area contributed by atoms with Gasteiger partial charge in [0.1, 0.15) is 5.82 Å². The lowest BCUT2D eigenvalue weighted by Crippen LogP contribution is -2.26. The van der Waals surface area contributed by atoms with Gasteiger partial charge in [0, 0.05) is 25.0 Å². The molecule has 0 aliphatic carbocycles. The number of halogens is 1. The van der Waals surface area contributed by atoms with E-state index in [0.29, 0.717) is 12.3 Å². The van der Waals surface area contributed by atoms with Gasteiger partial charge in [0.25, 0.3) is 0 Å². The first-order valence-electron chi connectivity index (χ1n) is 5.40. The van der Waals surface area contributed by atoms with E-state index < -0.39 is 0 Å². The number of aryl methyl sites for hydroxylation is 1. The van der Waals surface area contributed by atoms with Gasteiger partial charge in [-0.25, -0.2) is 4.98 Å². The molecule has 2 aromatic rings. The molecule has 1 aromatic carbocycles. The Bertz CT molecular complexity index is 550. The van der Waals surface area contributed by atoms with Crippen molar-refractivity contribution in [3.05, 3.63) is 24.0 Å². The number of benzene rings is 1. The topological polar surface area (TPSA) is 49.0 Å². The largest absolute Gasteiger partial charge is 0.342 e. The summed E-state index contributed by atoms with van der Waals surface area (Å²) in [6.45, 7) is 1.90. The Morgan fingerprint density at radius 3 is 3.00 bits per heavy atom. The minimum absolute atomic E-state index is 0.00980. The molecule has 1 amide bonds. The van der Waals surface area contributed by atoms with Gasteiger partial charge in [0.2, 0.25) is 5.91 Å². The second kappa shape index (κ2) is 4.75. The van der Waals surface area contributed by atoms with Gasteiger partial charge in [-0.2, -0.15) is 0 Å². The second-order valence-corrected chi connectivity index (χ2v) is 4.29. The van der Waals surface area contributed by atoms with Crippen LogP contribution < -0.4 is 4.90 Å². The number of H-pyrrole nitrogens is 1. The monoisotopic (exact) mass is 251 g/mol. The maximum absolute atomic E-state index is 11.7. The van der Waals surface area contributed by atoms with Crippen LogP contribution in [0.2, 0.25) is 0 Å². The fourth-order valence-electron chi connectivity index (χ4n) is 1.73. The van der Waals surface area contributed by atoms with Crippen LogP contribution in [-0.4, -0.2) is 28.8 Å². The highest BCUT2D eigenvalue weighted by atomic mass is 35.5. The number of rotatable bonds is 3. The maximum atomic E-state index is 11.7. The van der Waals surface area contributed by atoms with Crippen molar-refractivity contribution in [3.8, 4) is 0 Å². The van der Waals surface area contributed by atoms with E-state index in [-0.39, 0.29) is 5.91 Å². The molecular formula is C12H14ClN3O. The molecule has 0 spiro atoms. The third kappa shape index (κ3) is 2.42. The first-order chi connectivity index (χ1) is 8.11. The number of alkyl halides is 1. The quantitative estimate of drug-likeness (QED) is 0.852. The van der Waals surface area contributed by atoms with E-state index in [1.165, 1.54) is 0 Å². The number of hydrogen-bond donors (Lipinski definition) is 1. The molecule has 0 aliphatic heterocycles. The molecule has 0 unspecified atom stereocenters. The number of hydrogen-bond acceptors (Lipinski definition) is 2. The molecule has 90 valence electrons. The van der Waals surface area contributed by atoms with Gasteiger partial charge in [-0.3, -0.25) is 4.79 Å². The molecule has 0 bridgehead atoms. The molecule has 5 heteroatoms. The Kier molecular flexibility index (Phi) is 3.33. The molecule has 1 N–H and O–H groups in total. The number of amides is 1. The summed E-state index contributed by atoms with van der Waals surface area (Å²) in [5, 5.41) is 0. The van der Waals surface area contributed by atoms with Crippen LogP contribution in [0.3, 0.4) is 0 Å². The van der Waals surface area contributed by atoms with E-state index in [9.17, 15) is 4.79 Å². The molecule has 0 saturated carbocycles. The average Bonchev–Trinajstić information content (AvgIpc) is 2.67. The SMILES string of the molecule is Cc1nc2ccc(N(C)C(=O)CCCl)cc2[nH]1. The number of carbonyl (C=O) groups is 1. The summed E-state index contributed by atoms with van der Waals surface area (Å²) in [5.41, 5.74) is 2.69. The smallest absolute Gasteiger partial charge is 0.227 e. The van der Waals surface area contributed by atoms with E-state index in [4.69, 9.17) is 11.6 Å². The van der Waals surface area contributed by atoms with E-state index in [1.807, 2.05) is 25.1 Å². The van der Waals surface area contributed by atoms with Crippen LogP contribution in [0.5, 0.6) is 0 Å². The van der Waals surface area contributed by atoms with E-state index >= 15 is 0 Å². The summed E-state index contributed by atoms with van der Waals surface area (Å²) in [5.74, 6) is 1.22. The van der Waals surface area contributed by atoms with Crippen molar-refractivity contribution in [2.75, 3.05) is 17.8 Å². The lowest BCUT2D eigenvalue weighted by molar-refractivity contribution is -0.117. The summed E-state index contributed by atoms with van der Waals surface area (Å²) in [4.78, 5) is 20.8. The Labute approximate surface area is 105 Å². The van der Waals surface area contributed by atoms with Crippen LogP contribution in [0.4, 0.5) is 5.69 Å². The maximum Gasteiger partial charge on any atom is 0.227 e. The molecule has 0 fully saturated rings. The Morgan fingerprint density at radius 1 is 1.53 bits per heavy atom. The fraction of sp³-hybridized carbons (Fsp3) is 0.333. The fourth-order valence-corrected chi connectivity index (χ4v) is 1.89. The number of carbonyl (C=O) groups excluding carboxylic acids is 1. The molecule has 0 aliphatic rings. The Morgan fingerprint density at radius 2 is 2.29 bits per heavy atom. The lowest BCUT2D eigenvalue weighted by atomic mass is 10.2. The van der Waals surface area contributed by atoms with Gasteiger partial charge in [-0.05, 0) is 25.1 Å². The number of anilines is 1. The van der Waals surface area contributed by atoms with Crippen molar-refractivity contribution < 1.29 is 4.79 Å². The number of imidazole rings is 1. The molecule has 17 heavy (non-hydrogen) atoms. The summed E-state index contributed by atoms with van der Waals surface area (Å²) < 4.78 is 0. The summed E-state index contributed by atoms with van der Waals surface area (Å²) in [6.07, 6.45) is 0.345. The van der Waals surface area contributed by atoms with Crippen molar-refractivity contribution in [3.63, 3.8) is 0 Å². The minimum atomic E-state index is 0.00980. The van der Waals surface area contributed by atoms with Crippen LogP contribution >= 0.6 is 11.6 Å². The van der Waals surface area contributed by atoms with Gasteiger partial charge in [-0.15, -0.1) is 11.6 Å². The number of nitrogens with one attached hydrogen (secondary N) is 1. The standard InChI is InChI=1S/C12H14ClN3O/c1-8-14-10-4-3-9(7-11(10)15-8)16(2)12(17)5-6-13/h3-4,7H,5-6H2,1-2H3,(H,14,15). The molecular weight excluding hydrogens is 238 g/mol. The zero-order chi connectivity index (χ0) is 12.4. The lowest BCUT2D eigenvalue weighted by Gasteiger charge is -2.16. The summed E-state index contributed by atoms with van der Waals surface area (Å²) in [6, 6.07) is 5.70. The predicted molar refractivity (Wildman–Crippen MR) is 69.6 cm³/mol. The van der Waals surface area contributed by atoms with Crippen molar-refractivity contribution in [2.24, 2.45) is 0 Å². The minimum Gasteiger partial charge on any atom is -0.342 e. The second-order valence-electron chi connectivity index (χ2n) is 3.92. The van der Waals surface area contributed by atoms with Crippen LogP contribution in [0.15, 0.2) is 18.2 Å². The highest BCUT2D eigenvalue weighted by Crippen LogP contribution is 2.20. The Hall–Kier alpha value is -1.55. The molecule has 0 saturated heterocycles. The molecule has 4 nitrogen and oxygen atoms in total. The van der Waals surface area contributed by atoms with Gasteiger partial charge in [0.15, 0.2) is 0 Å². The normalized spacial score (nSPS) is 10.8. The third-order valence-electron chi connectivity index (χ3n) is 2.65. The highest BCUT2D eigenvalue weighted by molar-refractivity contribution is 6.19. The number of aromatic amines is 1. The molecule has 1 aromatic heterocycles. The summed E-state index contributed by atoms with van der Waals surface area (Å²) >= 11 is 5.56. The first-order valence-corrected chi connectivity index (χ1v) is 5.94. The number of fused-ring (bicyclic) bond motifs is 1. The molecule has 0 radical (unpaired) electrons. The number of aromatic nitrogens is 2. The highest BCUT2D eigenvalue weighted by Gasteiger charge is 2.11. The van der Waals surface area contributed by atoms with Gasteiger partial charge >= 0.3 is 0 Å². The van der Waals surface area contributed by atoms with Crippen LogP contribution in [0.25, 0.3) is 11.0 Å². The average molecular weight is 252 g/mol. The van der Waals surface area contributed by atoms with Gasteiger partial charge < -0.3 is 9.88 Å². The van der Waals surface area contributed by atoms with E-state index in [1.54, 1.807) is 11.9 Å². The van der Waals surface area contributed by atoms with Crippen LogP contribution in [0.1, 0.15) is 12.2 Å². The van der Waals surface area contributed by atoms with Gasteiger partial charge in [0.05, 0.1) is 11.0 Å². The summed E-state index contributed by atoms with van der Waals surface area (Å²) in [7, 11) is 1.75. The van der Waals surface area contributed by atoms with Crippen LogP contribution in [0, 0.1) is 6.92 Å². The van der Waals surface area contributed by atoms with Crippen molar-refractivity contribution >= 4 is 34.2 Å². The van der Waals surface area contributed by atoms with Crippen molar-refractivity contribution in [1.29, 1.82) is 0 Å². The molecule has 0 atom stereocenters. The van der Waals surface area contributed by atoms with E-state index in [2.05, 4.69) is 9.97 Å². The van der Waals surface area contributed by atoms with Crippen LogP contribution in [-0.2, 0) is 4.79 Å². The first kappa shape index (κ1) is 11.9.